The van der Waals surface area contributed by atoms with Crippen LogP contribution in [-0.2, 0) is 26.2 Å². The molecule has 0 unspecified atom stereocenters. The van der Waals surface area contributed by atoms with E-state index >= 15 is 0 Å². The van der Waals surface area contributed by atoms with Crippen LogP contribution in [0.4, 0.5) is 11.4 Å². The Morgan fingerprint density at radius 2 is 1.56 bits per heavy atom. The Bertz CT molecular complexity index is 1290. The molecule has 5 aliphatic rings. The first-order valence-electron chi connectivity index (χ1n) is 15.8. The van der Waals surface area contributed by atoms with Gasteiger partial charge in [0.1, 0.15) is 0 Å². The van der Waals surface area contributed by atoms with Crippen LogP contribution in [0.1, 0.15) is 93.7 Å². The van der Waals surface area contributed by atoms with Crippen molar-refractivity contribution in [3.8, 4) is 0 Å². The van der Waals surface area contributed by atoms with Gasteiger partial charge in [0.05, 0.1) is 7.11 Å². The van der Waals surface area contributed by atoms with Gasteiger partial charge >= 0.3 is 5.97 Å². The van der Waals surface area contributed by atoms with Gasteiger partial charge < -0.3 is 14.5 Å². The van der Waals surface area contributed by atoms with Gasteiger partial charge in [0.2, 0.25) is 5.91 Å². The van der Waals surface area contributed by atoms with Gasteiger partial charge in [-0.15, -0.1) is 0 Å². The van der Waals surface area contributed by atoms with Crippen molar-refractivity contribution in [2.45, 2.75) is 88.9 Å². The molecule has 0 aliphatic heterocycles. The SMILES string of the molecule is COC(=O)C1=Cc2cccc(N(CC34CCC(c5ccc(N(C)C)cc5)(CC3)CC4)C(=O)C3CCCCC3)c2CC1. The molecule has 2 bridgehead atoms. The summed E-state index contributed by atoms with van der Waals surface area (Å²) in [4.78, 5) is 31.0. The van der Waals surface area contributed by atoms with E-state index in [0.29, 0.717) is 12.3 Å². The van der Waals surface area contributed by atoms with Gasteiger partial charge in [-0.1, -0.05) is 43.5 Å². The van der Waals surface area contributed by atoms with Crippen LogP contribution in [-0.4, -0.2) is 39.6 Å². The first-order valence-corrected chi connectivity index (χ1v) is 15.8. The van der Waals surface area contributed by atoms with Gasteiger partial charge in [-0.25, -0.2) is 4.79 Å². The van der Waals surface area contributed by atoms with Gasteiger partial charge in [-0.2, -0.15) is 0 Å². The number of esters is 1. The van der Waals surface area contributed by atoms with E-state index in [9.17, 15) is 9.59 Å². The van der Waals surface area contributed by atoms with Gasteiger partial charge in [0.15, 0.2) is 0 Å². The number of carbonyl (C=O) groups excluding carboxylic acids is 2. The number of hydrogen-bond donors (Lipinski definition) is 0. The molecule has 4 fully saturated rings. The molecule has 1 amide bonds. The molecule has 4 saturated carbocycles. The number of amides is 1. The third kappa shape index (κ3) is 5.33. The first-order chi connectivity index (χ1) is 19.8. The summed E-state index contributed by atoms with van der Waals surface area (Å²) < 4.78 is 5.02. The Morgan fingerprint density at radius 1 is 0.878 bits per heavy atom. The lowest BCUT2D eigenvalue weighted by Crippen LogP contribution is -2.51. The Balaban J connectivity index is 1.28. The van der Waals surface area contributed by atoms with Gasteiger partial charge in [0.25, 0.3) is 0 Å². The van der Waals surface area contributed by atoms with Gasteiger partial charge in [-0.05, 0) is 116 Å². The zero-order chi connectivity index (χ0) is 28.6. The van der Waals surface area contributed by atoms with Gasteiger partial charge in [0, 0.05) is 43.5 Å². The minimum absolute atomic E-state index is 0.127. The Labute approximate surface area is 245 Å². The minimum atomic E-state index is -0.251. The number of hydrogen-bond acceptors (Lipinski definition) is 4. The Hall–Kier alpha value is -3.08. The van der Waals surface area contributed by atoms with E-state index < -0.39 is 0 Å². The minimum Gasteiger partial charge on any atom is -0.466 e. The summed E-state index contributed by atoms with van der Waals surface area (Å²) in [7, 11) is 5.64. The average molecular weight is 555 g/mol. The largest absolute Gasteiger partial charge is 0.466 e. The van der Waals surface area contributed by atoms with E-state index in [1.54, 1.807) is 0 Å². The van der Waals surface area contributed by atoms with Crippen LogP contribution in [0.25, 0.3) is 6.08 Å². The maximum absolute atomic E-state index is 14.4. The summed E-state index contributed by atoms with van der Waals surface area (Å²) in [5.41, 5.74) is 7.28. The number of ether oxygens (including phenoxy) is 1. The number of anilines is 2. The molecule has 0 atom stereocenters. The second-order valence-corrected chi connectivity index (χ2v) is 13.5. The molecule has 41 heavy (non-hydrogen) atoms. The standard InChI is InChI=1S/C36H46N2O3/c1-37(2)30-15-13-29(14-16-30)36-21-18-35(19-22-36,20-23-36)25-38(33(39)26-8-5-4-6-9-26)32-11-7-10-27-24-28(34(40)41-3)12-17-31(27)32/h7,10-11,13-16,24,26H,4-6,8-9,12,17-23,25H2,1-3H3. The third-order valence-corrected chi connectivity index (χ3v) is 11.0. The number of carbonyl (C=O) groups is 2. The summed E-state index contributed by atoms with van der Waals surface area (Å²) >= 11 is 0. The highest BCUT2D eigenvalue weighted by atomic mass is 16.5. The summed E-state index contributed by atoms with van der Waals surface area (Å²) in [5, 5.41) is 0. The van der Waals surface area contributed by atoms with Crippen LogP contribution in [0.15, 0.2) is 48.0 Å². The number of methoxy groups -OCH3 is 1. The van der Waals surface area contributed by atoms with Crippen LogP contribution in [0, 0.1) is 11.3 Å². The molecule has 0 aromatic heterocycles. The monoisotopic (exact) mass is 554 g/mol. The van der Waals surface area contributed by atoms with E-state index in [2.05, 4.69) is 66.4 Å². The lowest BCUT2D eigenvalue weighted by molar-refractivity contribution is -0.136. The van der Waals surface area contributed by atoms with Crippen molar-refractivity contribution >= 4 is 29.3 Å². The molecule has 0 spiro atoms. The predicted molar refractivity (Wildman–Crippen MR) is 166 cm³/mol. The molecule has 5 nitrogen and oxygen atoms in total. The maximum atomic E-state index is 14.4. The Kier molecular flexibility index (Phi) is 7.74. The molecular formula is C36H46N2O3. The number of benzene rings is 2. The first kappa shape index (κ1) is 28.1. The fourth-order valence-electron chi connectivity index (χ4n) is 8.30. The molecule has 2 aromatic carbocycles. The van der Waals surface area contributed by atoms with Gasteiger partial charge in [-0.3, -0.25) is 4.79 Å². The summed E-state index contributed by atoms with van der Waals surface area (Å²) in [6.07, 6.45) is 16.1. The predicted octanol–water partition coefficient (Wildman–Crippen LogP) is 7.46. The van der Waals surface area contributed by atoms with Crippen LogP contribution in [0.5, 0.6) is 0 Å². The summed E-state index contributed by atoms with van der Waals surface area (Å²) in [6, 6.07) is 15.6. The van der Waals surface area contributed by atoms with Crippen molar-refractivity contribution in [3.63, 3.8) is 0 Å². The Morgan fingerprint density at radius 3 is 2.20 bits per heavy atom. The third-order valence-electron chi connectivity index (χ3n) is 11.0. The second kappa shape index (κ2) is 11.3. The maximum Gasteiger partial charge on any atom is 0.333 e. The fraction of sp³-hybridized carbons (Fsp3) is 0.556. The van der Waals surface area contributed by atoms with Crippen molar-refractivity contribution in [2.24, 2.45) is 11.3 Å². The zero-order valence-corrected chi connectivity index (χ0v) is 25.2. The molecule has 0 heterocycles. The average Bonchev–Trinajstić information content (AvgIpc) is 3.03. The second-order valence-electron chi connectivity index (χ2n) is 13.5. The van der Waals surface area contributed by atoms with E-state index in [0.717, 1.165) is 55.5 Å². The van der Waals surface area contributed by atoms with E-state index in [1.807, 2.05) is 6.08 Å². The molecule has 5 aliphatic carbocycles. The van der Waals surface area contributed by atoms with Crippen molar-refractivity contribution in [1.82, 2.24) is 0 Å². The molecule has 5 heteroatoms. The van der Waals surface area contributed by atoms with E-state index in [-0.39, 0.29) is 22.7 Å². The summed E-state index contributed by atoms with van der Waals surface area (Å²) in [5.74, 6) is 0.207. The lowest BCUT2D eigenvalue weighted by Gasteiger charge is -2.55. The molecule has 0 N–H and O–H groups in total. The highest BCUT2D eigenvalue weighted by molar-refractivity contribution is 5.98. The van der Waals surface area contributed by atoms with Crippen LogP contribution >= 0.6 is 0 Å². The smallest absolute Gasteiger partial charge is 0.333 e. The molecule has 7 rings (SSSR count). The molecule has 0 saturated heterocycles. The number of fused-ring (bicyclic) bond motifs is 4. The van der Waals surface area contributed by atoms with Crippen LogP contribution in [0.2, 0.25) is 0 Å². The van der Waals surface area contributed by atoms with Crippen LogP contribution in [0.3, 0.4) is 0 Å². The fourth-order valence-corrected chi connectivity index (χ4v) is 8.30. The van der Waals surface area contributed by atoms with Crippen molar-refractivity contribution in [1.29, 1.82) is 0 Å². The van der Waals surface area contributed by atoms with E-state index in [1.165, 1.54) is 68.9 Å². The quantitative estimate of drug-likeness (QED) is 0.333. The van der Waals surface area contributed by atoms with E-state index in [4.69, 9.17) is 4.74 Å². The zero-order valence-electron chi connectivity index (χ0n) is 25.2. The van der Waals surface area contributed by atoms with Crippen LogP contribution < -0.4 is 9.80 Å². The molecule has 0 radical (unpaired) electrons. The topological polar surface area (TPSA) is 49.9 Å². The van der Waals surface area contributed by atoms with Crippen molar-refractivity contribution in [3.05, 3.63) is 64.7 Å². The highest BCUT2D eigenvalue weighted by Crippen LogP contribution is 2.58. The highest BCUT2D eigenvalue weighted by Gasteiger charge is 2.50. The molecular weight excluding hydrogens is 508 g/mol. The molecule has 2 aromatic rings. The molecule has 218 valence electrons. The number of rotatable bonds is 7. The van der Waals surface area contributed by atoms with Crippen molar-refractivity contribution in [2.75, 3.05) is 37.5 Å². The van der Waals surface area contributed by atoms with Crippen molar-refractivity contribution < 1.29 is 14.3 Å². The summed E-state index contributed by atoms with van der Waals surface area (Å²) in [6.45, 7) is 0.821. The lowest BCUT2D eigenvalue weighted by atomic mass is 9.51. The normalized spacial score (nSPS) is 25.7. The number of nitrogens with zero attached hydrogens (tertiary/aromatic N) is 2.